The Bertz CT molecular complexity index is 1130. The first kappa shape index (κ1) is 24.8. The molecule has 176 valence electrons. The van der Waals surface area contributed by atoms with Crippen LogP contribution in [0.4, 0.5) is 28.4 Å². The molecule has 0 aliphatic rings. The Morgan fingerprint density at radius 3 is 1.68 bits per heavy atom. The van der Waals surface area contributed by atoms with Crippen LogP contribution >= 0.6 is 0 Å². The van der Waals surface area contributed by atoms with Crippen LogP contribution in [0.1, 0.15) is 50.4 Å². The van der Waals surface area contributed by atoms with Gasteiger partial charge in [-0.05, 0) is 80.9 Å². The molecule has 0 saturated carbocycles. The second kappa shape index (κ2) is 12.4. The van der Waals surface area contributed by atoms with Gasteiger partial charge in [0.1, 0.15) is 5.75 Å². The lowest BCUT2D eigenvalue weighted by molar-refractivity contribution is 0.0977. The summed E-state index contributed by atoms with van der Waals surface area (Å²) in [6.07, 6.45) is 2.16. The first-order valence-corrected chi connectivity index (χ1v) is 11.7. The van der Waals surface area contributed by atoms with E-state index >= 15 is 0 Å². The largest absolute Gasteiger partial charge is 0.507 e. The van der Waals surface area contributed by atoms with Gasteiger partial charge in [-0.25, -0.2) is 0 Å². The van der Waals surface area contributed by atoms with E-state index in [9.17, 15) is 9.90 Å². The monoisotopic (exact) mass is 457 g/mol. The van der Waals surface area contributed by atoms with Crippen LogP contribution in [-0.4, -0.2) is 24.0 Å². The predicted molar refractivity (Wildman–Crippen MR) is 137 cm³/mol. The molecular weight excluding hydrogens is 426 g/mol. The zero-order valence-electron chi connectivity index (χ0n) is 20.0. The van der Waals surface area contributed by atoms with Crippen molar-refractivity contribution >= 4 is 34.2 Å². The highest BCUT2D eigenvalue weighted by Gasteiger charge is 2.11. The first-order chi connectivity index (χ1) is 16.5. The van der Waals surface area contributed by atoms with Gasteiger partial charge in [-0.15, -0.1) is 0 Å². The van der Waals surface area contributed by atoms with Crippen molar-refractivity contribution in [3.8, 4) is 5.75 Å². The van der Waals surface area contributed by atoms with Gasteiger partial charge in [0.05, 0.1) is 28.3 Å². The highest BCUT2D eigenvalue weighted by atomic mass is 16.3. The summed E-state index contributed by atoms with van der Waals surface area (Å²) >= 11 is 0. The van der Waals surface area contributed by atoms with Crippen molar-refractivity contribution in [1.29, 1.82) is 0 Å². The lowest BCUT2D eigenvalue weighted by Crippen LogP contribution is -2.21. The Kier molecular flexibility index (Phi) is 9.03. The van der Waals surface area contributed by atoms with E-state index in [0.717, 1.165) is 31.6 Å². The van der Waals surface area contributed by atoms with Crippen molar-refractivity contribution < 1.29 is 9.90 Å². The van der Waals surface area contributed by atoms with Crippen molar-refractivity contribution in [1.82, 2.24) is 0 Å². The summed E-state index contributed by atoms with van der Waals surface area (Å²) < 4.78 is 0. The molecule has 1 N–H and O–H groups in total. The molecule has 0 unspecified atom stereocenters. The van der Waals surface area contributed by atoms with E-state index in [1.807, 2.05) is 31.2 Å². The van der Waals surface area contributed by atoms with Gasteiger partial charge in [-0.3, -0.25) is 4.79 Å². The van der Waals surface area contributed by atoms with Crippen LogP contribution in [0.5, 0.6) is 5.75 Å². The predicted octanol–water partition coefficient (Wildman–Crippen LogP) is 8.44. The van der Waals surface area contributed by atoms with Crippen molar-refractivity contribution in [3.63, 3.8) is 0 Å². The van der Waals surface area contributed by atoms with E-state index in [4.69, 9.17) is 0 Å². The van der Waals surface area contributed by atoms with Crippen LogP contribution in [0.15, 0.2) is 87.2 Å². The molecule has 0 atom stereocenters. The number of rotatable bonds is 11. The third-order valence-corrected chi connectivity index (χ3v) is 5.43. The van der Waals surface area contributed by atoms with Crippen molar-refractivity contribution in [3.05, 3.63) is 72.3 Å². The zero-order chi connectivity index (χ0) is 24.3. The molecule has 0 aliphatic carbocycles. The number of unbranched alkanes of at least 4 members (excludes halogenated alkanes) is 1. The minimum Gasteiger partial charge on any atom is -0.507 e. The average Bonchev–Trinajstić information content (AvgIpc) is 2.87. The molecule has 3 aromatic carbocycles. The molecule has 0 radical (unpaired) electrons. The fourth-order valence-electron chi connectivity index (χ4n) is 3.43. The summed E-state index contributed by atoms with van der Waals surface area (Å²) in [5.74, 6) is -0.133. The van der Waals surface area contributed by atoms with Crippen LogP contribution < -0.4 is 4.90 Å². The summed E-state index contributed by atoms with van der Waals surface area (Å²) in [6.45, 7) is 8.23. The number of anilines is 1. The van der Waals surface area contributed by atoms with Crippen molar-refractivity contribution in [2.24, 2.45) is 20.5 Å². The fraction of sp³-hybridized carbons (Fsp3) is 0.296. The third kappa shape index (κ3) is 6.81. The molecule has 0 heterocycles. The lowest BCUT2D eigenvalue weighted by atomic mass is 10.0. The lowest BCUT2D eigenvalue weighted by Gasteiger charge is -2.20. The fourth-order valence-corrected chi connectivity index (χ4v) is 3.43. The van der Waals surface area contributed by atoms with Crippen LogP contribution in [0, 0.1) is 0 Å². The van der Waals surface area contributed by atoms with Gasteiger partial charge >= 0.3 is 0 Å². The summed E-state index contributed by atoms with van der Waals surface area (Å²) in [6, 6.07) is 20.0. The van der Waals surface area contributed by atoms with Gasteiger partial charge < -0.3 is 10.0 Å². The quantitative estimate of drug-likeness (QED) is 0.231. The van der Waals surface area contributed by atoms with E-state index in [1.54, 1.807) is 24.3 Å². The van der Waals surface area contributed by atoms with Crippen LogP contribution in [0.2, 0.25) is 0 Å². The maximum absolute atomic E-state index is 12.1. The second-order valence-electron chi connectivity index (χ2n) is 7.83. The Balaban J connectivity index is 1.61. The summed E-state index contributed by atoms with van der Waals surface area (Å²) in [5, 5.41) is 27.1. The number of phenolic OH excluding ortho intramolecular Hbond substituents is 1. The first-order valence-electron chi connectivity index (χ1n) is 11.7. The van der Waals surface area contributed by atoms with Crippen LogP contribution in [0.25, 0.3) is 0 Å². The number of carbonyl (C=O) groups is 1. The van der Waals surface area contributed by atoms with Gasteiger partial charge in [-0.2, -0.15) is 20.5 Å². The van der Waals surface area contributed by atoms with E-state index in [-0.39, 0.29) is 11.5 Å². The molecule has 0 amide bonds. The summed E-state index contributed by atoms with van der Waals surface area (Å²) in [4.78, 5) is 14.4. The topological polar surface area (TPSA) is 90.0 Å². The number of aromatic hydroxyl groups is 1. The molecule has 3 rings (SSSR count). The number of hydrogen-bond acceptors (Lipinski definition) is 7. The number of ketones is 1. The Morgan fingerprint density at radius 2 is 1.21 bits per heavy atom. The minimum atomic E-state index is -0.0709. The smallest absolute Gasteiger partial charge is 0.166 e. The molecule has 0 fully saturated rings. The van der Waals surface area contributed by atoms with Crippen molar-refractivity contribution in [2.45, 2.75) is 40.0 Å². The number of hydrogen-bond donors (Lipinski definition) is 1. The molecule has 0 bridgehead atoms. The van der Waals surface area contributed by atoms with E-state index < -0.39 is 0 Å². The molecule has 0 aromatic heterocycles. The summed E-state index contributed by atoms with van der Waals surface area (Å²) in [7, 11) is 0. The molecule has 7 heteroatoms. The van der Waals surface area contributed by atoms with E-state index in [0.29, 0.717) is 29.0 Å². The normalized spacial score (nSPS) is 11.4. The molecule has 3 aromatic rings. The number of azo groups is 2. The number of carbonyl (C=O) groups excluding carboxylic acids is 1. The Labute approximate surface area is 200 Å². The average molecular weight is 458 g/mol. The standard InChI is InChI=1S/C27H31N5O2/c1-4-7-8-26(33)25-18-15-23(19-27(25)34)31-30-21-11-9-20(10-12-21)28-29-22-13-16-24(17-14-22)32(5-2)6-3/h9-19,34H,4-8H2,1-3H3/b29-28+,31-30+. The number of nitrogens with zero attached hydrogens (tertiary/aromatic N) is 5. The Hall–Kier alpha value is -3.87. The zero-order valence-corrected chi connectivity index (χ0v) is 20.0. The number of benzene rings is 3. The maximum Gasteiger partial charge on any atom is 0.166 e. The van der Waals surface area contributed by atoms with Crippen LogP contribution in [0.3, 0.4) is 0 Å². The molecule has 7 nitrogen and oxygen atoms in total. The molecule has 0 spiro atoms. The van der Waals surface area contributed by atoms with Gasteiger partial charge in [0.25, 0.3) is 0 Å². The summed E-state index contributed by atoms with van der Waals surface area (Å²) in [5.41, 5.74) is 4.11. The van der Waals surface area contributed by atoms with Gasteiger partial charge in [0.15, 0.2) is 5.78 Å². The molecule has 34 heavy (non-hydrogen) atoms. The minimum absolute atomic E-state index is 0.0626. The van der Waals surface area contributed by atoms with Gasteiger partial charge in [0.2, 0.25) is 0 Å². The SMILES string of the molecule is CCCCC(=O)c1ccc(/N=N/c2ccc(/N=N/c3ccc(N(CC)CC)cc3)cc2)cc1O. The molecule has 0 aliphatic heterocycles. The molecular formula is C27H31N5O2. The second-order valence-corrected chi connectivity index (χ2v) is 7.83. The molecule has 0 saturated heterocycles. The van der Waals surface area contributed by atoms with Gasteiger partial charge in [0, 0.05) is 31.3 Å². The van der Waals surface area contributed by atoms with Gasteiger partial charge in [-0.1, -0.05) is 13.3 Å². The third-order valence-electron chi connectivity index (χ3n) is 5.43. The van der Waals surface area contributed by atoms with E-state index in [2.05, 4.69) is 51.3 Å². The van der Waals surface area contributed by atoms with Crippen LogP contribution in [-0.2, 0) is 0 Å². The number of phenols is 1. The maximum atomic E-state index is 12.1. The highest BCUT2D eigenvalue weighted by Crippen LogP contribution is 2.28. The van der Waals surface area contributed by atoms with E-state index in [1.165, 1.54) is 11.8 Å². The number of Topliss-reactive ketones (excluding diaryl/α,β-unsaturated/α-hetero) is 1. The Morgan fingerprint density at radius 1 is 0.735 bits per heavy atom. The highest BCUT2D eigenvalue weighted by molar-refractivity contribution is 5.98. The van der Waals surface area contributed by atoms with Crippen molar-refractivity contribution in [2.75, 3.05) is 18.0 Å².